The van der Waals surface area contributed by atoms with Gasteiger partial charge in [0.1, 0.15) is 12.1 Å². The van der Waals surface area contributed by atoms with E-state index in [0.29, 0.717) is 5.75 Å². The van der Waals surface area contributed by atoms with Crippen LogP contribution in [0.3, 0.4) is 0 Å². The predicted octanol–water partition coefficient (Wildman–Crippen LogP) is 5.96. The molecule has 8 heteroatoms. The molecule has 1 atom stereocenters. The third kappa shape index (κ3) is 18.7. The number of alkyl carbamates (subject to hydrolysis) is 1. The molecule has 0 rings (SSSR count). The van der Waals surface area contributed by atoms with Gasteiger partial charge in [-0.1, -0.05) is 34.9 Å². The first-order valence-corrected chi connectivity index (χ1v) is 13.4. The summed E-state index contributed by atoms with van der Waals surface area (Å²) < 4.78 is 5.10. The summed E-state index contributed by atoms with van der Waals surface area (Å²) in [6.07, 6.45) is 10.2. The smallest absolute Gasteiger partial charge is 0.408 e. The molecule has 2 N–H and O–H groups in total. The number of allylic oxidation sites excluding steroid dienone is 5. The molecule has 0 heterocycles. The molecule has 0 aliphatic rings. The van der Waals surface area contributed by atoms with Crippen LogP contribution >= 0.6 is 23.4 Å². The van der Waals surface area contributed by atoms with Crippen LogP contribution in [0, 0.1) is 0 Å². The Morgan fingerprint density at radius 3 is 2.12 bits per heavy atom. The maximum atomic E-state index is 12.2. The van der Waals surface area contributed by atoms with E-state index in [1.807, 2.05) is 0 Å². The molecule has 0 spiro atoms. The Kier molecular flexibility index (Phi) is 16.8. The van der Waals surface area contributed by atoms with Crippen molar-refractivity contribution in [1.29, 1.82) is 0 Å². The number of amides is 2. The lowest BCUT2D eigenvalue weighted by Gasteiger charge is -2.20. The van der Waals surface area contributed by atoms with Crippen LogP contribution in [-0.4, -0.2) is 53.4 Å². The molecule has 0 radical (unpaired) electrons. The van der Waals surface area contributed by atoms with Crippen LogP contribution in [0.5, 0.6) is 0 Å². The maximum absolute atomic E-state index is 12.2. The summed E-state index contributed by atoms with van der Waals surface area (Å²) in [5.41, 5.74) is 3.42. The van der Waals surface area contributed by atoms with Crippen LogP contribution in [0.4, 0.5) is 4.79 Å². The van der Waals surface area contributed by atoms with Crippen molar-refractivity contribution in [3.8, 4) is 0 Å². The molecule has 6 nitrogen and oxygen atoms in total. The molecule has 0 fully saturated rings. The van der Waals surface area contributed by atoms with E-state index in [1.54, 1.807) is 32.5 Å². The second kappa shape index (κ2) is 17.7. The first kappa shape index (κ1) is 32.3. The Balaban J connectivity index is 4.42. The Bertz CT molecular complexity index is 750. The number of ether oxygens (including phenoxy) is 1. The topological polar surface area (TPSA) is 84.5 Å². The summed E-state index contributed by atoms with van der Waals surface area (Å²) in [4.78, 5) is 36.0. The minimum absolute atomic E-state index is 0.181. The molecule has 0 aromatic heterocycles. The fourth-order valence-corrected chi connectivity index (χ4v) is 3.98. The Hall–Kier alpha value is -1.73. The number of Topliss-reactive ketones (excluding diaryl/α,β-unsaturated/α-hetero) is 1. The largest absolute Gasteiger partial charge is 0.444 e. The quantitative estimate of drug-likeness (QED) is 0.160. The fraction of sp³-hybridized carbons (Fsp3) is 0.654. The zero-order valence-electron chi connectivity index (χ0n) is 21.9. The van der Waals surface area contributed by atoms with Gasteiger partial charge in [-0.3, -0.25) is 9.59 Å². The van der Waals surface area contributed by atoms with E-state index in [-0.39, 0.29) is 18.2 Å². The third-order valence-corrected chi connectivity index (χ3v) is 5.84. The van der Waals surface area contributed by atoms with Crippen LogP contribution in [0.1, 0.15) is 74.1 Å². The van der Waals surface area contributed by atoms with Crippen molar-refractivity contribution in [2.24, 2.45) is 0 Å². The molecule has 0 aromatic rings. The van der Waals surface area contributed by atoms with E-state index in [4.69, 9.17) is 16.3 Å². The molecule has 0 saturated carbocycles. The van der Waals surface area contributed by atoms with Gasteiger partial charge in [0.05, 0.1) is 11.9 Å². The number of carbonyl (C=O) groups is 3. The lowest BCUT2D eigenvalue weighted by molar-refractivity contribution is -0.125. The van der Waals surface area contributed by atoms with E-state index in [0.717, 1.165) is 31.4 Å². The van der Waals surface area contributed by atoms with Crippen LogP contribution in [0.15, 0.2) is 34.9 Å². The zero-order valence-corrected chi connectivity index (χ0v) is 23.5. The number of ketones is 1. The second-order valence-corrected chi connectivity index (χ2v) is 10.9. The van der Waals surface area contributed by atoms with Crippen LogP contribution < -0.4 is 10.6 Å². The number of hydrogen-bond donors (Lipinski definition) is 2. The highest BCUT2D eigenvalue weighted by Crippen LogP contribution is 2.13. The molecule has 34 heavy (non-hydrogen) atoms. The minimum Gasteiger partial charge on any atom is -0.444 e. The average molecular weight is 515 g/mol. The van der Waals surface area contributed by atoms with Crippen molar-refractivity contribution in [2.75, 3.05) is 23.9 Å². The normalized spacial score (nSPS) is 13.2. The number of carbonyl (C=O) groups excluding carboxylic acids is 3. The number of nitrogens with one attached hydrogen (secondary N) is 2. The highest BCUT2D eigenvalue weighted by atomic mass is 35.5. The Labute approximate surface area is 215 Å². The number of halogens is 1. The van der Waals surface area contributed by atoms with E-state index >= 15 is 0 Å². The molecular weight excluding hydrogens is 472 g/mol. The molecule has 0 aliphatic heterocycles. The monoisotopic (exact) mass is 514 g/mol. The molecule has 2 amide bonds. The summed E-state index contributed by atoms with van der Waals surface area (Å²) in [6.45, 7) is 13.5. The number of hydrogen-bond acceptors (Lipinski definition) is 5. The molecule has 0 saturated heterocycles. The van der Waals surface area contributed by atoms with Crippen molar-refractivity contribution >= 4 is 41.1 Å². The van der Waals surface area contributed by atoms with Gasteiger partial charge >= 0.3 is 6.09 Å². The molecule has 194 valence electrons. The third-order valence-electron chi connectivity index (χ3n) is 4.60. The lowest BCUT2D eigenvalue weighted by Crippen LogP contribution is -2.47. The van der Waals surface area contributed by atoms with Gasteiger partial charge < -0.3 is 15.4 Å². The minimum atomic E-state index is -0.699. The van der Waals surface area contributed by atoms with Crippen molar-refractivity contribution in [3.05, 3.63) is 34.9 Å². The van der Waals surface area contributed by atoms with Crippen LogP contribution in [0.2, 0.25) is 0 Å². The van der Waals surface area contributed by atoms with E-state index < -0.39 is 23.6 Å². The Morgan fingerprint density at radius 1 is 0.971 bits per heavy atom. The van der Waals surface area contributed by atoms with E-state index in [2.05, 4.69) is 56.6 Å². The van der Waals surface area contributed by atoms with Gasteiger partial charge in [-0.15, -0.1) is 11.6 Å². The zero-order chi connectivity index (χ0) is 26.1. The van der Waals surface area contributed by atoms with Gasteiger partial charge in [0.15, 0.2) is 5.78 Å². The van der Waals surface area contributed by atoms with Crippen molar-refractivity contribution in [3.63, 3.8) is 0 Å². The van der Waals surface area contributed by atoms with Gasteiger partial charge in [-0.2, -0.15) is 11.8 Å². The average Bonchev–Trinajstić information content (AvgIpc) is 2.72. The first-order chi connectivity index (χ1) is 15.8. The van der Waals surface area contributed by atoms with Crippen molar-refractivity contribution in [1.82, 2.24) is 10.6 Å². The highest BCUT2D eigenvalue weighted by molar-refractivity contribution is 7.99. The van der Waals surface area contributed by atoms with Gasteiger partial charge in [0, 0.05) is 11.5 Å². The van der Waals surface area contributed by atoms with E-state index in [9.17, 15) is 14.4 Å². The molecule has 0 unspecified atom stereocenters. The molecule has 0 aromatic carbocycles. The van der Waals surface area contributed by atoms with Crippen LogP contribution in [0.25, 0.3) is 0 Å². The molecule has 0 bridgehead atoms. The summed E-state index contributed by atoms with van der Waals surface area (Å²) in [5.74, 6) is 0.256. The standard InChI is InChI=1S/C26H43ClN2O4S/c1-19(2)10-8-11-20(3)12-9-13-21(4)14-15-34-18-22(23(30)16-27)29-24(31)17-28-25(32)33-26(5,6)7/h10,12,14,22H,8-9,11,13,15-18H2,1-7H3,(H,28,32)(H,29,31)/b20-12+,21-14+/t22-/m0/s1. The number of rotatable bonds is 15. The SMILES string of the molecule is CC(C)=CCC/C(C)=C/CC/C(C)=C/CSC[C@H](NC(=O)CNC(=O)OC(C)(C)C)C(=O)CCl. The highest BCUT2D eigenvalue weighted by Gasteiger charge is 2.21. The molecule has 0 aliphatic carbocycles. The van der Waals surface area contributed by atoms with Crippen LogP contribution in [-0.2, 0) is 14.3 Å². The van der Waals surface area contributed by atoms with Crippen molar-refractivity contribution in [2.45, 2.75) is 85.8 Å². The van der Waals surface area contributed by atoms with Gasteiger partial charge in [-0.25, -0.2) is 4.79 Å². The number of alkyl halides is 1. The van der Waals surface area contributed by atoms with E-state index in [1.165, 1.54) is 16.7 Å². The fourth-order valence-electron chi connectivity index (χ4n) is 2.75. The second-order valence-electron chi connectivity index (χ2n) is 9.57. The Morgan fingerprint density at radius 2 is 1.56 bits per heavy atom. The summed E-state index contributed by atoms with van der Waals surface area (Å²) in [5, 5.41) is 5.03. The summed E-state index contributed by atoms with van der Waals surface area (Å²) >= 11 is 7.26. The van der Waals surface area contributed by atoms with Crippen molar-refractivity contribution < 1.29 is 19.1 Å². The first-order valence-electron chi connectivity index (χ1n) is 11.7. The predicted molar refractivity (Wildman–Crippen MR) is 145 cm³/mol. The number of thioether (sulfide) groups is 1. The summed E-state index contributed by atoms with van der Waals surface area (Å²) in [7, 11) is 0. The van der Waals surface area contributed by atoms with Gasteiger partial charge in [-0.05, 0) is 74.1 Å². The van der Waals surface area contributed by atoms with Gasteiger partial charge in [0.25, 0.3) is 0 Å². The lowest BCUT2D eigenvalue weighted by atomic mass is 10.1. The van der Waals surface area contributed by atoms with Gasteiger partial charge in [0.2, 0.25) is 5.91 Å². The molecular formula is C26H43ClN2O4S. The maximum Gasteiger partial charge on any atom is 0.408 e. The summed E-state index contributed by atoms with van der Waals surface area (Å²) in [6, 6.07) is -0.699.